The molecule has 1 aliphatic carbocycles. The highest BCUT2D eigenvalue weighted by Gasteiger charge is 2.15. The molecular weight excluding hydrogens is 208 g/mol. The van der Waals surface area contributed by atoms with Gasteiger partial charge in [-0.05, 0) is 6.08 Å². The molecule has 0 saturated heterocycles. The Morgan fingerprint density at radius 1 is 1.27 bits per heavy atom. The molecule has 2 rings (SSSR count). The highest BCUT2D eigenvalue weighted by Crippen LogP contribution is 2.32. The first-order valence-electron chi connectivity index (χ1n) is 4.82. The van der Waals surface area contributed by atoms with Crippen LogP contribution in [0.4, 0.5) is 5.69 Å². The van der Waals surface area contributed by atoms with Gasteiger partial charge >= 0.3 is 0 Å². The van der Waals surface area contributed by atoms with E-state index in [2.05, 4.69) is 31.0 Å². The van der Waals surface area contributed by atoms with E-state index in [0.717, 1.165) is 11.3 Å². The average molecular weight is 221 g/mol. The normalized spacial score (nSPS) is 17.3. The first kappa shape index (κ1) is 10.2. The van der Waals surface area contributed by atoms with Crippen LogP contribution < -0.4 is 5.73 Å². The predicted octanol–water partition coefficient (Wildman–Crippen LogP) is 3.38. The number of fused-ring (bicyclic) bond motifs is 1. The lowest BCUT2D eigenvalue weighted by molar-refractivity contribution is 0.633. The Morgan fingerprint density at radius 3 is 2.67 bits per heavy atom. The van der Waals surface area contributed by atoms with Crippen molar-refractivity contribution < 1.29 is 0 Å². The van der Waals surface area contributed by atoms with E-state index >= 15 is 0 Å². The monoisotopic (exact) mass is 220 g/mol. The quantitative estimate of drug-likeness (QED) is 0.728. The van der Waals surface area contributed by atoms with Crippen LogP contribution in [0.25, 0.3) is 12.2 Å². The summed E-state index contributed by atoms with van der Waals surface area (Å²) in [5.74, 6) is 0. The third kappa shape index (κ3) is 1.90. The topological polar surface area (TPSA) is 38.9 Å². The molecule has 3 heteroatoms. The highest BCUT2D eigenvalue weighted by atomic mass is 35.5. The minimum atomic E-state index is 0.0266. The molecule has 0 saturated carbocycles. The van der Waals surface area contributed by atoms with Gasteiger partial charge in [-0.1, -0.05) is 43.7 Å². The minimum absolute atomic E-state index is 0.0266. The van der Waals surface area contributed by atoms with E-state index in [9.17, 15) is 0 Å². The summed E-state index contributed by atoms with van der Waals surface area (Å²) in [5.41, 5.74) is 8.03. The summed E-state index contributed by atoms with van der Waals surface area (Å²) in [7, 11) is 0. The molecule has 0 radical (unpaired) electrons. The number of hydrogen-bond acceptors (Lipinski definition) is 2. The third-order valence-electron chi connectivity index (χ3n) is 2.46. The minimum Gasteiger partial charge on any atom is -0.396 e. The molecule has 1 aliphatic rings. The maximum Gasteiger partial charge on any atom is 0.0745 e. The van der Waals surface area contributed by atoms with E-state index in [1.165, 1.54) is 0 Å². The van der Waals surface area contributed by atoms with Crippen LogP contribution in [0, 0.1) is 5.41 Å². The fraction of sp³-hybridized carbons (Fsp3) is 0.250. The van der Waals surface area contributed by atoms with Crippen molar-refractivity contribution in [2.45, 2.75) is 13.8 Å². The maximum absolute atomic E-state index is 6.13. The zero-order valence-corrected chi connectivity index (χ0v) is 9.55. The van der Waals surface area contributed by atoms with Crippen LogP contribution in [0.15, 0.2) is 18.3 Å². The Labute approximate surface area is 94.5 Å². The van der Waals surface area contributed by atoms with Crippen LogP contribution >= 0.6 is 11.6 Å². The van der Waals surface area contributed by atoms with Crippen LogP contribution in [0.5, 0.6) is 0 Å². The molecule has 1 aromatic heterocycles. The SMILES string of the molecule is CC1(C)C=Cc2ncc(N)c(Cl)c2C=C1. The molecule has 0 amide bonds. The van der Waals surface area contributed by atoms with Crippen molar-refractivity contribution in [3.63, 3.8) is 0 Å². The van der Waals surface area contributed by atoms with Crippen LogP contribution in [0.2, 0.25) is 5.02 Å². The predicted molar refractivity (Wildman–Crippen MR) is 65.5 cm³/mol. The lowest BCUT2D eigenvalue weighted by atomic mass is 9.93. The third-order valence-corrected chi connectivity index (χ3v) is 2.88. The van der Waals surface area contributed by atoms with Crippen LogP contribution in [0.1, 0.15) is 25.1 Å². The summed E-state index contributed by atoms with van der Waals surface area (Å²) in [6.45, 7) is 4.26. The Morgan fingerprint density at radius 2 is 1.93 bits per heavy atom. The van der Waals surface area contributed by atoms with E-state index in [1.54, 1.807) is 6.20 Å². The van der Waals surface area contributed by atoms with Gasteiger partial charge in [-0.25, -0.2) is 0 Å². The summed E-state index contributed by atoms with van der Waals surface area (Å²) in [4.78, 5) is 4.26. The molecule has 1 heterocycles. The molecule has 0 atom stereocenters. The highest BCUT2D eigenvalue weighted by molar-refractivity contribution is 6.34. The van der Waals surface area contributed by atoms with Gasteiger partial charge in [-0.3, -0.25) is 4.98 Å². The van der Waals surface area contributed by atoms with Crippen molar-refractivity contribution >= 4 is 29.4 Å². The Bertz CT molecular complexity index is 459. The Balaban J connectivity index is 2.63. The van der Waals surface area contributed by atoms with Crippen molar-refractivity contribution in [2.75, 3.05) is 5.73 Å². The number of allylic oxidation sites excluding steroid dienone is 2. The first-order chi connectivity index (χ1) is 6.99. The number of nitrogen functional groups attached to an aromatic ring is 1. The zero-order valence-electron chi connectivity index (χ0n) is 8.79. The molecule has 15 heavy (non-hydrogen) atoms. The van der Waals surface area contributed by atoms with Crippen molar-refractivity contribution in [1.29, 1.82) is 0 Å². The van der Waals surface area contributed by atoms with Gasteiger partial charge in [0, 0.05) is 11.0 Å². The van der Waals surface area contributed by atoms with E-state index in [0.29, 0.717) is 10.7 Å². The van der Waals surface area contributed by atoms with Crippen molar-refractivity contribution in [3.05, 3.63) is 34.6 Å². The number of pyridine rings is 1. The van der Waals surface area contributed by atoms with Crippen LogP contribution in [-0.4, -0.2) is 4.98 Å². The molecule has 0 bridgehead atoms. The van der Waals surface area contributed by atoms with Crippen LogP contribution in [0.3, 0.4) is 0 Å². The van der Waals surface area contributed by atoms with E-state index in [1.807, 2.05) is 12.2 Å². The van der Waals surface area contributed by atoms with Crippen molar-refractivity contribution in [2.24, 2.45) is 5.41 Å². The lowest BCUT2D eigenvalue weighted by Crippen LogP contribution is -2.00. The maximum atomic E-state index is 6.13. The largest absolute Gasteiger partial charge is 0.396 e. The second-order valence-corrected chi connectivity index (χ2v) is 4.69. The summed E-state index contributed by atoms with van der Waals surface area (Å²) in [5, 5.41) is 0.582. The zero-order chi connectivity index (χ0) is 11.1. The number of nitrogens with zero attached hydrogens (tertiary/aromatic N) is 1. The van der Waals surface area contributed by atoms with Crippen molar-refractivity contribution in [3.8, 4) is 0 Å². The molecular formula is C12H13ClN2. The fourth-order valence-electron chi connectivity index (χ4n) is 1.47. The molecule has 0 aromatic carbocycles. The summed E-state index contributed by atoms with van der Waals surface area (Å²) < 4.78 is 0. The van der Waals surface area contributed by atoms with Gasteiger partial charge in [0.1, 0.15) is 0 Å². The summed E-state index contributed by atoms with van der Waals surface area (Å²) in [6.07, 6.45) is 9.77. The Kier molecular flexibility index (Phi) is 2.31. The second-order valence-electron chi connectivity index (χ2n) is 4.31. The van der Waals surface area contributed by atoms with Gasteiger partial charge in [0.15, 0.2) is 0 Å². The fourth-order valence-corrected chi connectivity index (χ4v) is 1.68. The van der Waals surface area contributed by atoms with Gasteiger partial charge < -0.3 is 5.73 Å². The van der Waals surface area contributed by atoms with Gasteiger partial charge in [-0.2, -0.15) is 0 Å². The van der Waals surface area contributed by atoms with Gasteiger partial charge in [-0.15, -0.1) is 0 Å². The van der Waals surface area contributed by atoms with E-state index in [4.69, 9.17) is 17.3 Å². The van der Waals surface area contributed by atoms with Gasteiger partial charge in [0.2, 0.25) is 0 Å². The molecule has 0 spiro atoms. The first-order valence-corrected chi connectivity index (χ1v) is 5.20. The van der Waals surface area contributed by atoms with Crippen molar-refractivity contribution in [1.82, 2.24) is 4.98 Å². The van der Waals surface area contributed by atoms with E-state index < -0.39 is 0 Å². The summed E-state index contributed by atoms with van der Waals surface area (Å²) in [6, 6.07) is 0. The Hall–Kier alpha value is -1.28. The average Bonchev–Trinajstić information content (AvgIpc) is 2.32. The second kappa shape index (κ2) is 3.38. The number of anilines is 1. The number of aromatic nitrogens is 1. The molecule has 0 aliphatic heterocycles. The molecule has 0 fully saturated rings. The van der Waals surface area contributed by atoms with Gasteiger partial charge in [0.25, 0.3) is 0 Å². The number of hydrogen-bond donors (Lipinski definition) is 1. The van der Waals surface area contributed by atoms with Crippen LogP contribution in [-0.2, 0) is 0 Å². The molecule has 1 aromatic rings. The molecule has 0 unspecified atom stereocenters. The number of rotatable bonds is 0. The lowest BCUT2D eigenvalue weighted by Gasteiger charge is -2.11. The number of nitrogens with two attached hydrogens (primary N) is 1. The molecule has 2 N–H and O–H groups in total. The van der Waals surface area contributed by atoms with E-state index in [-0.39, 0.29) is 5.41 Å². The molecule has 78 valence electrons. The standard InChI is InChI=1S/C12H13ClN2/c1-12(2)5-3-8-10(4-6-12)15-7-9(14)11(8)13/h3-7H,14H2,1-2H3. The number of halogens is 1. The molecule has 2 nitrogen and oxygen atoms in total. The smallest absolute Gasteiger partial charge is 0.0745 e. The summed E-state index contributed by atoms with van der Waals surface area (Å²) >= 11 is 6.13. The van der Waals surface area contributed by atoms with Gasteiger partial charge in [0.05, 0.1) is 22.6 Å².